The molecule has 0 aliphatic heterocycles. The molecule has 3 rings (SSSR count). The molecule has 2 aromatic heterocycles. The van der Waals surface area contributed by atoms with Crippen molar-refractivity contribution in [2.24, 2.45) is 0 Å². The Morgan fingerprint density at radius 2 is 2.04 bits per heavy atom. The number of carboxylic acid groups (broad SMARTS) is 1. The molecule has 1 unspecified atom stereocenters. The lowest BCUT2D eigenvalue weighted by Crippen LogP contribution is -2.36. The molecule has 0 radical (unpaired) electrons. The Kier molecular flexibility index (Phi) is 3.87. The second-order valence-corrected chi connectivity index (χ2v) is 5.87. The van der Waals surface area contributed by atoms with Gasteiger partial charge in [0, 0.05) is 10.9 Å². The first kappa shape index (κ1) is 15.2. The summed E-state index contributed by atoms with van der Waals surface area (Å²) in [5.74, 6) is -0.608. The van der Waals surface area contributed by atoms with Crippen LogP contribution in [0.3, 0.4) is 0 Å². The molecular formula is C16H13N2O4S-. The highest BCUT2D eigenvalue weighted by atomic mass is 32.1. The molecule has 3 aromatic rings. The third-order valence-corrected chi connectivity index (χ3v) is 4.57. The van der Waals surface area contributed by atoms with Crippen LogP contribution >= 0.6 is 11.3 Å². The van der Waals surface area contributed by atoms with Crippen molar-refractivity contribution in [1.82, 2.24) is 9.55 Å². The molecule has 0 amide bonds. The second kappa shape index (κ2) is 5.85. The summed E-state index contributed by atoms with van der Waals surface area (Å²) in [5.41, 5.74) is 1.18. The van der Waals surface area contributed by atoms with Crippen LogP contribution in [-0.4, -0.2) is 22.6 Å². The van der Waals surface area contributed by atoms with E-state index in [0.29, 0.717) is 10.2 Å². The van der Waals surface area contributed by atoms with Gasteiger partial charge in [-0.3, -0.25) is 9.36 Å². The Labute approximate surface area is 135 Å². The molecule has 0 saturated heterocycles. The Balaban J connectivity index is 2.20. The number of aliphatic carboxylic acids is 1. The fraction of sp³-hybridized carbons (Fsp3) is 0.188. The molecule has 2 heterocycles. The smallest absolute Gasteiger partial charge is 0.263 e. The van der Waals surface area contributed by atoms with Gasteiger partial charge >= 0.3 is 0 Å². The van der Waals surface area contributed by atoms with E-state index >= 15 is 0 Å². The highest BCUT2D eigenvalue weighted by Crippen LogP contribution is 2.31. The predicted molar refractivity (Wildman–Crippen MR) is 85.6 cm³/mol. The third kappa shape index (κ3) is 2.59. The van der Waals surface area contributed by atoms with E-state index in [-0.39, 0.29) is 0 Å². The zero-order chi connectivity index (χ0) is 16.6. The summed E-state index contributed by atoms with van der Waals surface area (Å²) in [7, 11) is 1.58. The van der Waals surface area contributed by atoms with Gasteiger partial charge < -0.3 is 14.6 Å². The molecule has 118 valence electrons. The standard InChI is InChI=1S/C16H14N2O4S/c1-9(16(20)21)18-8-17-14-13(15(18)19)12(7-23-14)10-3-5-11(22-2)6-4-10/h3-9H,1-2H3,(H,20,21)/p-1. The Hall–Kier alpha value is -2.67. The molecule has 0 aliphatic carbocycles. The lowest BCUT2D eigenvalue weighted by molar-refractivity contribution is -0.309. The van der Waals surface area contributed by atoms with Crippen LogP contribution in [0.4, 0.5) is 0 Å². The van der Waals surface area contributed by atoms with Gasteiger partial charge in [0.25, 0.3) is 5.56 Å². The molecule has 0 N–H and O–H groups in total. The van der Waals surface area contributed by atoms with Crippen molar-refractivity contribution >= 4 is 27.5 Å². The van der Waals surface area contributed by atoms with Gasteiger partial charge in [-0.05, 0) is 24.6 Å². The van der Waals surface area contributed by atoms with Gasteiger partial charge in [-0.25, -0.2) is 4.98 Å². The van der Waals surface area contributed by atoms with Crippen LogP contribution in [0.5, 0.6) is 5.75 Å². The maximum atomic E-state index is 12.7. The summed E-state index contributed by atoms with van der Waals surface area (Å²) in [6, 6.07) is 6.22. The number of benzene rings is 1. The highest BCUT2D eigenvalue weighted by molar-refractivity contribution is 7.17. The fourth-order valence-electron chi connectivity index (χ4n) is 2.32. The van der Waals surface area contributed by atoms with E-state index in [4.69, 9.17) is 4.74 Å². The number of carboxylic acids is 1. The monoisotopic (exact) mass is 329 g/mol. The molecule has 0 fully saturated rings. The van der Waals surface area contributed by atoms with Crippen molar-refractivity contribution in [2.75, 3.05) is 7.11 Å². The first-order valence-electron chi connectivity index (χ1n) is 6.86. The van der Waals surface area contributed by atoms with Crippen LogP contribution in [0.15, 0.2) is 40.8 Å². The molecule has 1 atom stereocenters. The van der Waals surface area contributed by atoms with Crippen LogP contribution in [0.25, 0.3) is 21.3 Å². The molecule has 6 nitrogen and oxygen atoms in total. The summed E-state index contributed by atoms with van der Waals surface area (Å²) >= 11 is 1.34. The number of thiophene rings is 1. The fourth-order valence-corrected chi connectivity index (χ4v) is 3.22. The quantitative estimate of drug-likeness (QED) is 0.723. The predicted octanol–water partition coefficient (Wildman–Crippen LogP) is 1.44. The number of fused-ring (bicyclic) bond motifs is 1. The normalized spacial score (nSPS) is 12.3. The maximum absolute atomic E-state index is 12.7. The average Bonchev–Trinajstić information content (AvgIpc) is 2.99. The van der Waals surface area contributed by atoms with Gasteiger partial charge in [-0.1, -0.05) is 12.1 Å². The third-order valence-electron chi connectivity index (χ3n) is 3.68. The highest BCUT2D eigenvalue weighted by Gasteiger charge is 2.16. The number of hydrogen-bond acceptors (Lipinski definition) is 6. The van der Waals surface area contributed by atoms with Gasteiger partial charge in [0.05, 0.1) is 30.8 Å². The van der Waals surface area contributed by atoms with Gasteiger partial charge in [-0.2, -0.15) is 0 Å². The molecule has 1 aromatic carbocycles. The van der Waals surface area contributed by atoms with Crippen molar-refractivity contribution in [3.05, 3.63) is 46.3 Å². The Morgan fingerprint density at radius 1 is 1.35 bits per heavy atom. The summed E-state index contributed by atoms with van der Waals surface area (Å²) in [4.78, 5) is 28.5. The second-order valence-electron chi connectivity index (χ2n) is 5.01. The number of hydrogen-bond donors (Lipinski definition) is 0. The molecule has 7 heteroatoms. The van der Waals surface area contributed by atoms with Crippen molar-refractivity contribution in [2.45, 2.75) is 13.0 Å². The summed E-state index contributed by atoms with van der Waals surface area (Å²) in [6.45, 7) is 1.39. The lowest BCUT2D eigenvalue weighted by atomic mass is 10.1. The summed E-state index contributed by atoms with van der Waals surface area (Å²) in [6.07, 6.45) is 1.25. The SMILES string of the molecule is COc1ccc(-c2csc3ncn(C(C)C(=O)[O-])c(=O)c23)cc1. The number of nitrogens with zero attached hydrogens (tertiary/aromatic N) is 2. The number of carbonyl (C=O) groups is 1. The molecular weight excluding hydrogens is 316 g/mol. The van der Waals surface area contributed by atoms with Crippen molar-refractivity contribution in [3.63, 3.8) is 0 Å². The van der Waals surface area contributed by atoms with E-state index in [2.05, 4.69) is 4.98 Å². The van der Waals surface area contributed by atoms with Gasteiger partial charge in [0.15, 0.2) is 0 Å². The summed E-state index contributed by atoms with van der Waals surface area (Å²) in [5, 5.41) is 13.3. The first-order chi connectivity index (χ1) is 11.0. The zero-order valence-corrected chi connectivity index (χ0v) is 13.3. The van der Waals surface area contributed by atoms with Gasteiger partial charge in [-0.15, -0.1) is 11.3 Å². The van der Waals surface area contributed by atoms with Crippen molar-refractivity contribution in [3.8, 4) is 16.9 Å². The van der Waals surface area contributed by atoms with E-state index in [9.17, 15) is 14.7 Å². The van der Waals surface area contributed by atoms with E-state index < -0.39 is 17.6 Å². The molecule has 0 spiro atoms. The molecule has 0 saturated carbocycles. The van der Waals surface area contributed by atoms with E-state index in [1.165, 1.54) is 24.6 Å². The maximum Gasteiger partial charge on any atom is 0.263 e. The zero-order valence-electron chi connectivity index (χ0n) is 12.5. The minimum atomic E-state index is -1.32. The van der Waals surface area contributed by atoms with Gasteiger partial charge in [0.2, 0.25) is 0 Å². The first-order valence-corrected chi connectivity index (χ1v) is 7.74. The number of aromatic nitrogens is 2. The van der Waals surface area contributed by atoms with Crippen LogP contribution in [0.1, 0.15) is 13.0 Å². The van der Waals surface area contributed by atoms with E-state index in [1.807, 2.05) is 17.5 Å². The number of methoxy groups -OCH3 is 1. The number of carbonyl (C=O) groups excluding carboxylic acids is 1. The van der Waals surface area contributed by atoms with Crippen molar-refractivity contribution in [1.29, 1.82) is 0 Å². The van der Waals surface area contributed by atoms with Crippen LogP contribution in [-0.2, 0) is 4.79 Å². The van der Waals surface area contributed by atoms with Crippen LogP contribution < -0.4 is 15.4 Å². The topological polar surface area (TPSA) is 84.2 Å². The minimum Gasteiger partial charge on any atom is -0.548 e. The molecule has 23 heavy (non-hydrogen) atoms. The largest absolute Gasteiger partial charge is 0.548 e. The Bertz CT molecular complexity index is 927. The summed E-state index contributed by atoms with van der Waals surface area (Å²) < 4.78 is 6.21. The number of ether oxygens (including phenoxy) is 1. The van der Waals surface area contributed by atoms with Crippen LogP contribution in [0.2, 0.25) is 0 Å². The van der Waals surface area contributed by atoms with Gasteiger partial charge in [0.1, 0.15) is 10.6 Å². The minimum absolute atomic E-state index is 0.390. The molecule has 0 bridgehead atoms. The number of rotatable bonds is 4. The average molecular weight is 329 g/mol. The van der Waals surface area contributed by atoms with Crippen LogP contribution in [0, 0.1) is 0 Å². The Morgan fingerprint density at radius 3 is 2.65 bits per heavy atom. The van der Waals surface area contributed by atoms with Crippen molar-refractivity contribution < 1.29 is 14.6 Å². The molecule has 0 aliphatic rings. The van der Waals surface area contributed by atoms with E-state index in [1.54, 1.807) is 19.2 Å². The lowest BCUT2D eigenvalue weighted by Gasteiger charge is -2.15. The van der Waals surface area contributed by atoms with E-state index in [0.717, 1.165) is 21.4 Å².